The van der Waals surface area contributed by atoms with Crippen LogP contribution in [0.15, 0.2) is 29.0 Å². The molecule has 3 N–H and O–H groups in total. The number of hydrogen-bond donors (Lipinski definition) is 2. The standard InChI is InChI=1S/C14H18N4O2/c1-3-4-9(2)17-13(19)11-8-20-14(18-11)10-5-6-12(15)16-7-10/h5-9H,3-4H2,1-2H3,(H2,15,16)(H,17,19). The van der Waals surface area contributed by atoms with Crippen molar-refractivity contribution in [3.63, 3.8) is 0 Å². The van der Waals surface area contributed by atoms with Crippen LogP contribution in [0.2, 0.25) is 0 Å². The lowest BCUT2D eigenvalue weighted by Crippen LogP contribution is -2.32. The van der Waals surface area contributed by atoms with Crippen molar-refractivity contribution in [2.75, 3.05) is 5.73 Å². The second kappa shape index (κ2) is 6.18. The minimum absolute atomic E-state index is 0.117. The van der Waals surface area contributed by atoms with Gasteiger partial charge in [0.2, 0.25) is 5.89 Å². The molecule has 1 atom stereocenters. The first-order valence-electron chi connectivity index (χ1n) is 6.58. The Labute approximate surface area is 117 Å². The summed E-state index contributed by atoms with van der Waals surface area (Å²) in [5.41, 5.74) is 6.46. The number of nitrogen functional groups attached to an aromatic ring is 1. The van der Waals surface area contributed by atoms with E-state index in [1.807, 2.05) is 6.92 Å². The molecule has 6 heteroatoms. The van der Waals surface area contributed by atoms with E-state index in [0.717, 1.165) is 12.8 Å². The van der Waals surface area contributed by atoms with Crippen LogP contribution in [0.5, 0.6) is 0 Å². The maximum atomic E-state index is 12.0. The predicted octanol–water partition coefficient (Wildman–Crippen LogP) is 2.24. The van der Waals surface area contributed by atoms with E-state index >= 15 is 0 Å². The summed E-state index contributed by atoms with van der Waals surface area (Å²) in [4.78, 5) is 20.1. The van der Waals surface area contributed by atoms with Crippen LogP contribution in [-0.2, 0) is 0 Å². The second-order valence-corrected chi connectivity index (χ2v) is 4.67. The number of nitrogens with two attached hydrogens (primary N) is 1. The quantitative estimate of drug-likeness (QED) is 0.872. The van der Waals surface area contributed by atoms with Crippen LogP contribution in [0, 0.1) is 0 Å². The first kappa shape index (κ1) is 14.0. The zero-order chi connectivity index (χ0) is 14.5. The fraction of sp³-hybridized carbons (Fsp3) is 0.357. The van der Waals surface area contributed by atoms with Gasteiger partial charge < -0.3 is 15.5 Å². The van der Waals surface area contributed by atoms with E-state index in [-0.39, 0.29) is 17.6 Å². The normalized spacial score (nSPS) is 12.1. The van der Waals surface area contributed by atoms with Gasteiger partial charge in [0, 0.05) is 12.2 Å². The molecule has 1 amide bonds. The average Bonchev–Trinajstić information content (AvgIpc) is 2.89. The monoisotopic (exact) mass is 274 g/mol. The van der Waals surface area contributed by atoms with Crippen LogP contribution in [0.3, 0.4) is 0 Å². The molecule has 2 rings (SSSR count). The summed E-state index contributed by atoms with van der Waals surface area (Å²) in [6.07, 6.45) is 4.85. The fourth-order valence-corrected chi connectivity index (χ4v) is 1.85. The Hall–Kier alpha value is -2.37. The number of aromatic nitrogens is 2. The number of rotatable bonds is 5. The predicted molar refractivity (Wildman–Crippen MR) is 76.0 cm³/mol. The van der Waals surface area contributed by atoms with Crippen molar-refractivity contribution in [1.82, 2.24) is 15.3 Å². The molecule has 0 fully saturated rings. The van der Waals surface area contributed by atoms with E-state index in [0.29, 0.717) is 17.3 Å². The third-order valence-electron chi connectivity index (χ3n) is 2.87. The minimum Gasteiger partial charge on any atom is -0.444 e. The van der Waals surface area contributed by atoms with Crippen molar-refractivity contribution in [3.8, 4) is 11.5 Å². The van der Waals surface area contributed by atoms with Gasteiger partial charge in [0.1, 0.15) is 12.1 Å². The minimum atomic E-state index is -0.232. The highest BCUT2D eigenvalue weighted by Crippen LogP contribution is 2.18. The molecule has 0 bridgehead atoms. The molecule has 0 saturated carbocycles. The molecule has 1 unspecified atom stereocenters. The molecule has 0 aromatic carbocycles. The molecule has 2 aromatic heterocycles. The van der Waals surface area contributed by atoms with Gasteiger partial charge in [0.15, 0.2) is 5.69 Å². The van der Waals surface area contributed by atoms with Gasteiger partial charge in [-0.05, 0) is 25.5 Å². The van der Waals surface area contributed by atoms with Crippen molar-refractivity contribution < 1.29 is 9.21 Å². The number of carbonyl (C=O) groups is 1. The zero-order valence-electron chi connectivity index (χ0n) is 11.6. The lowest BCUT2D eigenvalue weighted by atomic mass is 10.2. The van der Waals surface area contributed by atoms with E-state index < -0.39 is 0 Å². The van der Waals surface area contributed by atoms with Crippen molar-refractivity contribution in [1.29, 1.82) is 0 Å². The van der Waals surface area contributed by atoms with E-state index in [1.165, 1.54) is 6.26 Å². The van der Waals surface area contributed by atoms with Gasteiger partial charge in [-0.1, -0.05) is 13.3 Å². The van der Waals surface area contributed by atoms with Crippen LogP contribution < -0.4 is 11.1 Å². The Morgan fingerprint density at radius 2 is 2.30 bits per heavy atom. The molecule has 2 aromatic rings. The zero-order valence-corrected chi connectivity index (χ0v) is 11.6. The summed E-state index contributed by atoms with van der Waals surface area (Å²) < 4.78 is 5.30. The first-order chi connectivity index (χ1) is 9.60. The molecule has 0 aliphatic rings. The molecule has 0 saturated heterocycles. The molecule has 0 aliphatic carbocycles. The number of amides is 1. The van der Waals surface area contributed by atoms with Gasteiger partial charge >= 0.3 is 0 Å². The van der Waals surface area contributed by atoms with Gasteiger partial charge in [-0.25, -0.2) is 9.97 Å². The number of pyridine rings is 1. The van der Waals surface area contributed by atoms with Crippen molar-refractivity contribution in [2.45, 2.75) is 32.7 Å². The molecule has 0 spiro atoms. The molecular weight excluding hydrogens is 256 g/mol. The van der Waals surface area contributed by atoms with Crippen LogP contribution in [0.1, 0.15) is 37.2 Å². The van der Waals surface area contributed by atoms with Gasteiger partial charge in [0.05, 0.1) is 5.56 Å². The summed E-state index contributed by atoms with van der Waals surface area (Å²) in [6.45, 7) is 4.04. The van der Waals surface area contributed by atoms with E-state index in [4.69, 9.17) is 10.2 Å². The molecular formula is C14H18N4O2. The van der Waals surface area contributed by atoms with Gasteiger partial charge in [-0.15, -0.1) is 0 Å². The van der Waals surface area contributed by atoms with Crippen molar-refractivity contribution in [3.05, 3.63) is 30.3 Å². The largest absolute Gasteiger partial charge is 0.444 e. The maximum absolute atomic E-state index is 12.0. The molecule has 2 heterocycles. The molecule has 0 aliphatic heterocycles. The molecule has 6 nitrogen and oxygen atoms in total. The topological polar surface area (TPSA) is 94.0 Å². The van der Waals surface area contributed by atoms with Gasteiger partial charge in [-0.3, -0.25) is 4.79 Å². The third-order valence-corrected chi connectivity index (χ3v) is 2.87. The number of nitrogens with one attached hydrogen (secondary N) is 1. The first-order valence-corrected chi connectivity index (χ1v) is 6.58. The SMILES string of the molecule is CCCC(C)NC(=O)c1coc(-c2ccc(N)nc2)n1. The van der Waals surface area contributed by atoms with Gasteiger partial charge in [0.25, 0.3) is 5.91 Å². The number of anilines is 1. The summed E-state index contributed by atoms with van der Waals surface area (Å²) >= 11 is 0. The Balaban J connectivity index is 2.08. The average molecular weight is 274 g/mol. The van der Waals surface area contributed by atoms with E-state index in [2.05, 4.69) is 22.2 Å². The summed E-state index contributed by atoms with van der Waals surface area (Å²) in [5.74, 6) is 0.543. The second-order valence-electron chi connectivity index (χ2n) is 4.67. The Morgan fingerprint density at radius 3 is 2.95 bits per heavy atom. The smallest absolute Gasteiger partial charge is 0.273 e. The Bertz CT molecular complexity index is 577. The van der Waals surface area contributed by atoms with Crippen molar-refractivity contribution >= 4 is 11.7 Å². The lowest BCUT2D eigenvalue weighted by molar-refractivity contribution is 0.0933. The number of hydrogen-bond acceptors (Lipinski definition) is 5. The van der Waals surface area contributed by atoms with E-state index in [1.54, 1.807) is 18.3 Å². The third kappa shape index (κ3) is 3.34. The van der Waals surface area contributed by atoms with E-state index in [9.17, 15) is 4.79 Å². The van der Waals surface area contributed by atoms with Crippen LogP contribution in [0.25, 0.3) is 11.5 Å². The molecule has 20 heavy (non-hydrogen) atoms. The summed E-state index contributed by atoms with van der Waals surface area (Å²) in [5, 5.41) is 2.87. The Morgan fingerprint density at radius 1 is 1.50 bits per heavy atom. The van der Waals surface area contributed by atoms with Gasteiger partial charge in [-0.2, -0.15) is 0 Å². The molecule has 0 radical (unpaired) electrons. The number of oxazole rings is 1. The Kier molecular flexibility index (Phi) is 4.34. The highest BCUT2D eigenvalue weighted by Gasteiger charge is 2.15. The van der Waals surface area contributed by atoms with Crippen LogP contribution >= 0.6 is 0 Å². The summed E-state index contributed by atoms with van der Waals surface area (Å²) in [7, 11) is 0. The summed E-state index contributed by atoms with van der Waals surface area (Å²) in [6, 6.07) is 3.52. The highest BCUT2D eigenvalue weighted by atomic mass is 16.3. The van der Waals surface area contributed by atoms with Crippen LogP contribution in [0.4, 0.5) is 5.82 Å². The maximum Gasteiger partial charge on any atom is 0.273 e. The van der Waals surface area contributed by atoms with Crippen LogP contribution in [-0.4, -0.2) is 21.9 Å². The number of nitrogens with zero attached hydrogens (tertiary/aromatic N) is 2. The number of carbonyl (C=O) groups excluding carboxylic acids is 1. The van der Waals surface area contributed by atoms with Crippen molar-refractivity contribution in [2.24, 2.45) is 0 Å². The fourth-order valence-electron chi connectivity index (χ4n) is 1.85. The highest BCUT2D eigenvalue weighted by molar-refractivity contribution is 5.92. The lowest BCUT2D eigenvalue weighted by Gasteiger charge is -2.10. The molecule has 106 valence electrons.